The van der Waals surface area contributed by atoms with E-state index < -0.39 is 10.8 Å². The van der Waals surface area contributed by atoms with Gasteiger partial charge in [-0.3, -0.25) is 9.00 Å². The highest BCUT2D eigenvalue weighted by atomic mass is 32.2. The van der Waals surface area contributed by atoms with Gasteiger partial charge in [-0.2, -0.15) is 0 Å². The highest BCUT2D eigenvalue weighted by Gasteiger charge is 2.06. The third kappa shape index (κ3) is 8.08. The molecule has 78 valence electrons. The Morgan fingerprint density at radius 3 is 2.54 bits per heavy atom. The lowest BCUT2D eigenvalue weighted by atomic mass is 10.5. The van der Waals surface area contributed by atoms with E-state index in [2.05, 4.69) is 4.74 Å². The summed E-state index contributed by atoms with van der Waals surface area (Å²) in [5.74, 6) is 0.499. The molecular formula is C8H16O4S. The second kappa shape index (κ2) is 8.34. The topological polar surface area (TPSA) is 52.6 Å². The first-order chi connectivity index (χ1) is 6.20. The smallest absolute Gasteiger partial charge is 0.170 e. The molecule has 0 fully saturated rings. The van der Waals surface area contributed by atoms with Crippen LogP contribution in [0, 0.1) is 0 Å². The van der Waals surface area contributed by atoms with E-state index in [1.54, 1.807) is 7.11 Å². The molecule has 0 aromatic rings. The van der Waals surface area contributed by atoms with E-state index >= 15 is 0 Å². The van der Waals surface area contributed by atoms with Crippen LogP contribution in [0.2, 0.25) is 0 Å². The van der Waals surface area contributed by atoms with Crippen LogP contribution in [0.4, 0.5) is 0 Å². The highest BCUT2D eigenvalue weighted by molar-refractivity contribution is 7.85. The summed E-state index contributed by atoms with van der Waals surface area (Å²) in [7, 11) is 1.98. The predicted molar refractivity (Wildman–Crippen MR) is 51.3 cm³/mol. The minimum atomic E-state index is -1.06. The number of Topliss-reactive ketones (excluding diaryl/α,β-unsaturated/α-hetero) is 1. The van der Waals surface area contributed by atoms with Crippen molar-refractivity contribution in [3.8, 4) is 0 Å². The Hall–Kier alpha value is -0.260. The zero-order valence-corrected chi connectivity index (χ0v) is 8.89. The Bertz CT molecular complexity index is 170. The summed E-state index contributed by atoms with van der Waals surface area (Å²) >= 11 is 0. The standard InChI is InChI=1S/C8H16O4S/c1-11-4-3-5-13(10)7-8(9)6-12-2/h3-7H2,1-2H3. The monoisotopic (exact) mass is 208 g/mol. The molecule has 0 aliphatic rings. The fourth-order valence-electron chi connectivity index (χ4n) is 0.819. The Morgan fingerprint density at radius 1 is 1.31 bits per heavy atom. The molecule has 0 rings (SSSR count). The van der Waals surface area contributed by atoms with E-state index in [1.807, 2.05) is 0 Å². The zero-order valence-electron chi connectivity index (χ0n) is 8.08. The molecule has 1 unspecified atom stereocenters. The van der Waals surface area contributed by atoms with E-state index in [1.165, 1.54) is 7.11 Å². The molecule has 0 aromatic heterocycles. The van der Waals surface area contributed by atoms with Gasteiger partial charge in [-0.15, -0.1) is 0 Å². The van der Waals surface area contributed by atoms with Gasteiger partial charge in [-0.1, -0.05) is 0 Å². The van der Waals surface area contributed by atoms with Crippen molar-refractivity contribution >= 4 is 16.6 Å². The maximum absolute atomic E-state index is 11.2. The summed E-state index contributed by atoms with van der Waals surface area (Å²) in [6.07, 6.45) is 0.726. The van der Waals surface area contributed by atoms with Gasteiger partial charge >= 0.3 is 0 Å². The lowest BCUT2D eigenvalue weighted by molar-refractivity contribution is -0.120. The quantitative estimate of drug-likeness (QED) is 0.526. The fraction of sp³-hybridized carbons (Fsp3) is 0.875. The van der Waals surface area contributed by atoms with Gasteiger partial charge in [0.15, 0.2) is 5.78 Å². The lowest BCUT2D eigenvalue weighted by Crippen LogP contribution is -2.17. The normalized spacial score (nSPS) is 12.8. The number of hydrogen-bond acceptors (Lipinski definition) is 4. The molecular weight excluding hydrogens is 192 g/mol. The average Bonchev–Trinajstić information content (AvgIpc) is 2.05. The molecule has 13 heavy (non-hydrogen) atoms. The third-order valence-corrected chi connectivity index (χ3v) is 2.74. The van der Waals surface area contributed by atoms with Gasteiger partial charge in [0.2, 0.25) is 0 Å². The van der Waals surface area contributed by atoms with Gasteiger partial charge in [0, 0.05) is 37.4 Å². The molecule has 0 aliphatic carbocycles. The van der Waals surface area contributed by atoms with Crippen molar-refractivity contribution in [2.75, 3.05) is 38.9 Å². The Balaban J connectivity index is 3.44. The van der Waals surface area contributed by atoms with Crippen molar-refractivity contribution in [3.63, 3.8) is 0 Å². The van der Waals surface area contributed by atoms with Crippen LogP contribution in [0.5, 0.6) is 0 Å². The van der Waals surface area contributed by atoms with Crippen LogP contribution in [0.25, 0.3) is 0 Å². The first kappa shape index (κ1) is 12.7. The summed E-state index contributed by atoms with van der Waals surface area (Å²) in [5, 5.41) is 0. The Morgan fingerprint density at radius 2 is 2.00 bits per heavy atom. The minimum absolute atomic E-state index is 0.0516. The van der Waals surface area contributed by atoms with E-state index in [-0.39, 0.29) is 18.1 Å². The molecule has 5 heteroatoms. The largest absolute Gasteiger partial charge is 0.385 e. The first-order valence-corrected chi connectivity index (χ1v) is 5.54. The van der Waals surface area contributed by atoms with Crippen molar-refractivity contribution < 1.29 is 18.5 Å². The van der Waals surface area contributed by atoms with Gasteiger partial charge in [0.1, 0.15) is 6.61 Å². The molecule has 4 nitrogen and oxygen atoms in total. The summed E-state index contributed by atoms with van der Waals surface area (Å²) in [4.78, 5) is 10.9. The number of carbonyl (C=O) groups is 1. The second-order valence-corrected chi connectivity index (χ2v) is 4.18. The van der Waals surface area contributed by atoms with E-state index in [0.29, 0.717) is 12.4 Å². The molecule has 0 aliphatic heterocycles. The molecule has 0 amide bonds. The van der Waals surface area contributed by atoms with Gasteiger partial charge in [0.05, 0.1) is 5.75 Å². The molecule has 0 saturated heterocycles. The van der Waals surface area contributed by atoms with Crippen molar-refractivity contribution in [3.05, 3.63) is 0 Å². The molecule has 1 atom stereocenters. The minimum Gasteiger partial charge on any atom is -0.385 e. The van der Waals surface area contributed by atoms with Gasteiger partial charge in [-0.05, 0) is 6.42 Å². The van der Waals surface area contributed by atoms with Crippen LogP contribution >= 0.6 is 0 Å². The van der Waals surface area contributed by atoms with Crippen molar-refractivity contribution in [2.45, 2.75) is 6.42 Å². The maximum Gasteiger partial charge on any atom is 0.170 e. The highest BCUT2D eigenvalue weighted by Crippen LogP contribution is 1.90. The van der Waals surface area contributed by atoms with Crippen molar-refractivity contribution in [2.24, 2.45) is 0 Å². The summed E-state index contributed by atoms with van der Waals surface area (Å²) < 4.78 is 20.6. The second-order valence-electron chi connectivity index (χ2n) is 2.61. The summed E-state index contributed by atoms with van der Waals surface area (Å²) in [5.41, 5.74) is 0. The number of methoxy groups -OCH3 is 2. The SMILES string of the molecule is COCCCS(=O)CC(=O)COC. The van der Waals surface area contributed by atoms with Gasteiger partial charge < -0.3 is 9.47 Å². The molecule has 0 aromatic carbocycles. The number of carbonyl (C=O) groups excluding carboxylic acids is 1. The van der Waals surface area contributed by atoms with E-state index in [0.717, 1.165) is 6.42 Å². The third-order valence-electron chi connectivity index (χ3n) is 1.35. The number of ketones is 1. The van der Waals surface area contributed by atoms with Crippen molar-refractivity contribution in [1.82, 2.24) is 0 Å². The average molecular weight is 208 g/mol. The molecule has 0 heterocycles. The maximum atomic E-state index is 11.2. The van der Waals surface area contributed by atoms with Crippen LogP contribution in [-0.2, 0) is 25.1 Å². The summed E-state index contributed by atoms with van der Waals surface area (Å²) in [6, 6.07) is 0. The number of hydrogen-bond donors (Lipinski definition) is 0. The predicted octanol–water partition coefficient (Wildman–Crippen LogP) is -0.0129. The molecule has 0 spiro atoms. The van der Waals surface area contributed by atoms with Crippen LogP contribution in [0.1, 0.15) is 6.42 Å². The van der Waals surface area contributed by atoms with Crippen LogP contribution in [0.15, 0.2) is 0 Å². The molecule has 0 bridgehead atoms. The van der Waals surface area contributed by atoms with Crippen LogP contribution in [-0.4, -0.2) is 48.9 Å². The van der Waals surface area contributed by atoms with Gasteiger partial charge in [-0.25, -0.2) is 0 Å². The number of rotatable bonds is 8. The molecule has 0 saturated carbocycles. The molecule has 0 N–H and O–H groups in total. The van der Waals surface area contributed by atoms with Gasteiger partial charge in [0.25, 0.3) is 0 Å². The Labute approximate surface area is 81.1 Å². The van der Waals surface area contributed by atoms with E-state index in [4.69, 9.17) is 4.74 Å². The zero-order chi connectivity index (χ0) is 10.1. The Kier molecular flexibility index (Phi) is 8.18. The molecule has 0 radical (unpaired) electrons. The van der Waals surface area contributed by atoms with Crippen molar-refractivity contribution in [1.29, 1.82) is 0 Å². The fourth-order valence-corrected chi connectivity index (χ4v) is 1.85. The lowest BCUT2D eigenvalue weighted by Gasteiger charge is -2.00. The summed E-state index contributed by atoms with van der Waals surface area (Å²) in [6.45, 7) is 0.639. The number of ether oxygens (including phenoxy) is 2. The van der Waals surface area contributed by atoms with Crippen LogP contribution < -0.4 is 0 Å². The first-order valence-electron chi connectivity index (χ1n) is 4.05. The van der Waals surface area contributed by atoms with Crippen LogP contribution in [0.3, 0.4) is 0 Å². The van der Waals surface area contributed by atoms with E-state index in [9.17, 15) is 9.00 Å².